The van der Waals surface area contributed by atoms with Gasteiger partial charge in [-0.1, -0.05) is 0 Å². The first-order chi connectivity index (χ1) is 13.2. The van der Waals surface area contributed by atoms with Crippen LogP contribution in [0.4, 0.5) is 18.9 Å². The lowest BCUT2D eigenvalue weighted by Crippen LogP contribution is -2.30. The molecule has 0 aromatic heterocycles. The van der Waals surface area contributed by atoms with Crippen molar-refractivity contribution in [3.8, 4) is 11.5 Å². The molecule has 0 bridgehead atoms. The molecule has 3 rings (SSSR count). The summed E-state index contributed by atoms with van der Waals surface area (Å²) in [7, 11) is 0. The molecule has 0 saturated carbocycles. The van der Waals surface area contributed by atoms with E-state index in [4.69, 9.17) is 14.2 Å². The maximum atomic E-state index is 12.6. The molecule has 9 heteroatoms. The van der Waals surface area contributed by atoms with Crippen molar-refractivity contribution in [3.63, 3.8) is 0 Å². The van der Waals surface area contributed by atoms with E-state index in [9.17, 15) is 22.8 Å². The monoisotopic (exact) mass is 395 g/mol. The quantitative estimate of drug-likeness (QED) is 0.800. The molecule has 0 fully saturated rings. The lowest BCUT2D eigenvalue weighted by atomic mass is 10.2. The minimum atomic E-state index is -4.46. The van der Waals surface area contributed by atoms with Crippen LogP contribution in [0, 0.1) is 0 Å². The van der Waals surface area contributed by atoms with E-state index in [-0.39, 0.29) is 11.3 Å². The van der Waals surface area contributed by atoms with E-state index in [0.717, 1.165) is 24.3 Å². The van der Waals surface area contributed by atoms with Crippen molar-refractivity contribution in [2.75, 3.05) is 18.5 Å². The second-order valence-electron chi connectivity index (χ2n) is 5.97. The fourth-order valence-corrected chi connectivity index (χ4v) is 2.44. The van der Waals surface area contributed by atoms with Crippen LogP contribution in [0.25, 0.3) is 0 Å². The number of benzene rings is 2. The van der Waals surface area contributed by atoms with E-state index < -0.39 is 29.7 Å². The molecular weight excluding hydrogens is 379 g/mol. The molecule has 0 saturated heterocycles. The molecule has 1 aliphatic rings. The molecule has 148 valence electrons. The van der Waals surface area contributed by atoms with Gasteiger partial charge in [-0.25, -0.2) is 4.79 Å². The van der Waals surface area contributed by atoms with Crippen LogP contribution >= 0.6 is 0 Å². The Bertz CT molecular complexity index is 880. The number of carbonyl (C=O) groups excluding carboxylic acids is 2. The largest absolute Gasteiger partial charge is 0.486 e. The molecule has 2 aromatic carbocycles. The topological polar surface area (TPSA) is 73.9 Å². The van der Waals surface area contributed by atoms with Crippen LogP contribution in [-0.2, 0) is 15.7 Å². The van der Waals surface area contributed by atoms with Crippen molar-refractivity contribution in [3.05, 3.63) is 53.6 Å². The molecule has 1 atom stereocenters. The number of esters is 1. The Kier molecular flexibility index (Phi) is 5.43. The molecule has 1 heterocycles. The van der Waals surface area contributed by atoms with Crippen molar-refractivity contribution in [1.82, 2.24) is 0 Å². The van der Waals surface area contributed by atoms with Gasteiger partial charge < -0.3 is 19.5 Å². The Morgan fingerprint density at radius 3 is 2.32 bits per heavy atom. The molecule has 2 aromatic rings. The number of nitrogens with one attached hydrogen (secondary N) is 1. The third-order valence-corrected chi connectivity index (χ3v) is 3.91. The number of amides is 1. The number of rotatable bonds is 4. The normalized spacial score (nSPS) is 14.1. The van der Waals surface area contributed by atoms with Gasteiger partial charge in [-0.2, -0.15) is 13.2 Å². The summed E-state index contributed by atoms with van der Waals surface area (Å²) in [6.45, 7) is 2.13. The molecule has 1 amide bonds. The van der Waals surface area contributed by atoms with Gasteiger partial charge in [0.2, 0.25) is 0 Å². The van der Waals surface area contributed by atoms with E-state index in [0.29, 0.717) is 24.7 Å². The molecule has 1 aliphatic heterocycles. The van der Waals surface area contributed by atoms with Gasteiger partial charge in [0.15, 0.2) is 17.6 Å². The minimum Gasteiger partial charge on any atom is -0.486 e. The molecule has 0 unspecified atom stereocenters. The maximum absolute atomic E-state index is 12.6. The number of fused-ring (bicyclic) bond motifs is 1. The van der Waals surface area contributed by atoms with Gasteiger partial charge in [0.25, 0.3) is 5.91 Å². The number of carbonyl (C=O) groups is 2. The number of alkyl halides is 3. The van der Waals surface area contributed by atoms with E-state index in [2.05, 4.69) is 5.32 Å². The maximum Gasteiger partial charge on any atom is 0.416 e. The fraction of sp³-hybridized carbons (Fsp3) is 0.263. The summed E-state index contributed by atoms with van der Waals surface area (Å²) in [4.78, 5) is 24.4. The second kappa shape index (κ2) is 7.79. The zero-order valence-electron chi connectivity index (χ0n) is 14.7. The van der Waals surface area contributed by atoms with Crippen LogP contribution in [0.3, 0.4) is 0 Å². The lowest BCUT2D eigenvalue weighted by molar-refractivity contribution is -0.137. The number of hydrogen-bond donors (Lipinski definition) is 1. The van der Waals surface area contributed by atoms with Crippen LogP contribution in [-0.4, -0.2) is 31.2 Å². The highest BCUT2D eigenvalue weighted by Crippen LogP contribution is 2.31. The van der Waals surface area contributed by atoms with Gasteiger partial charge in [0.1, 0.15) is 13.2 Å². The molecule has 28 heavy (non-hydrogen) atoms. The van der Waals surface area contributed by atoms with Crippen LogP contribution in [0.5, 0.6) is 11.5 Å². The first kappa shape index (κ1) is 19.5. The third-order valence-electron chi connectivity index (χ3n) is 3.91. The van der Waals surface area contributed by atoms with E-state index in [1.807, 2.05) is 0 Å². The highest BCUT2D eigenvalue weighted by molar-refractivity contribution is 5.97. The Morgan fingerprint density at radius 2 is 1.68 bits per heavy atom. The summed E-state index contributed by atoms with van der Waals surface area (Å²) >= 11 is 0. The van der Waals surface area contributed by atoms with Gasteiger partial charge in [-0.15, -0.1) is 0 Å². The zero-order valence-corrected chi connectivity index (χ0v) is 14.7. The van der Waals surface area contributed by atoms with E-state index >= 15 is 0 Å². The predicted octanol–water partition coefficient (Wildman–Crippen LogP) is 3.66. The molecule has 1 N–H and O–H groups in total. The third kappa shape index (κ3) is 4.54. The van der Waals surface area contributed by atoms with E-state index in [1.54, 1.807) is 6.07 Å². The standard InChI is InChI=1S/C19H16F3NO5/c1-11(17(24)23-14-5-3-13(4-6-14)19(20,21)22)28-18(25)12-2-7-15-16(10-12)27-9-8-26-15/h2-7,10-11H,8-9H2,1H3,(H,23,24)/t11-/m1/s1. The van der Waals surface area contributed by atoms with Crippen molar-refractivity contribution in [2.45, 2.75) is 19.2 Å². The summed E-state index contributed by atoms with van der Waals surface area (Å²) in [6, 6.07) is 8.45. The van der Waals surface area contributed by atoms with Gasteiger partial charge >= 0.3 is 12.1 Å². The number of halogens is 3. The first-order valence-corrected chi connectivity index (χ1v) is 8.33. The molecule has 0 aliphatic carbocycles. The van der Waals surface area contributed by atoms with Crippen LogP contribution in [0.1, 0.15) is 22.8 Å². The molecular formula is C19H16F3NO5. The predicted molar refractivity (Wildman–Crippen MR) is 92.4 cm³/mol. The summed E-state index contributed by atoms with van der Waals surface area (Å²) in [5.74, 6) is -0.504. The second-order valence-corrected chi connectivity index (χ2v) is 5.97. The summed E-state index contributed by atoms with van der Waals surface area (Å²) < 4.78 is 53.5. The SMILES string of the molecule is C[C@@H](OC(=O)c1ccc2c(c1)OCCO2)C(=O)Nc1ccc(C(F)(F)F)cc1. The van der Waals surface area contributed by atoms with Crippen LogP contribution in [0.15, 0.2) is 42.5 Å². The highest BCUT2D eigenvalue weighted by Gasteiger charge is 2.30. The Labute approximate surface area is 158 Å². The summed E-state index contributed by atoms with van der Waals surface area (Å²) in [6.07, 6.45) is -5.63. The van der Waals surface area contributed by atoms with Gasteiger partial charge in [-0.05, 0) is 49.4 Å². The van der Waals surface area contributed by atoms with Crippen molar-refractivity contribution < 1.29 is 37.0 Å². The highest BCUT2D eigenvalue weighted by atomic mass is 19.4. The average molecular weight is 395 g/mol. The van der Waals surface area contributed by atoms with Crippen LogP contribution in [0.2, 0.25) is 0 Å². The average Bonchev–Trinajstić information content (AvgIpc) is 2.67. The minimum absolute atomic E-state index is 0.153. The zero-order chi connectivity index (χ0) is 20.3. The van der Waals surface area contributed by atoms with Crippen molar-refractivity contribution in [1.29, 1.82) is 0 Å². The van der Waals surface area contributed by atoms with Crippen molar-refractivity contribution >= 4 is 17.6 Å². The fourth-order valence-electron chi connectivity index (χ4n) is 2.44. The summed E-state index contributed by atoms with van der Waals surface area (Å²) in [5.41, 5.74) is -0.498. The Morgan fingerprint density at radius 1 is 1.04 bits per heavy atom. The smallest absolute Gasteiger partial charge is 0.416 e. The van der Waals surface area contributed by atoms with Gasteiger partial charge in [0.05, 0.1) is 11.1 Å². The summed E-state index contributed by atoms with van der Waals surface area (Å²) in [5, 5.41) is 2.40. The lowest BCUT2D eigenvalue weighted by Gasteiger charge is -2.19. The molecule has 0 radical (unpaired) electrons. The Hall–Kier alpha value is -3.23. The number of ether oxygens (including phenoxy) is 3. The first-order valence-electron chi connectivity index (χ1n) is 8.33. The van der Waals surface area contributed by atoms with Gasteiger partial charge in [0, 0.05) is 5.69 Å². The number of hydrogen-bond acceptors (Lipinski definition) is 5. The molecule has 0 spiro atoms. The molecule has 6 nitrogen and oxygen atoms in total. The van der Waals surface area contributed by atoms with Gasteiger partial charge in [-0.3, -0.25) is 4.79 Å². The number of anilines is 1. The van der Waals surface area contributed by atoms with E-state index in [1.165, 1.54) is 19.1 Å². The Balaban J connectivity index is 1.60. The van der Waals surface area contributed by atoms with Crippen molar-refractivity contribution in [2.24, 2.45) is 0 Å². The van der Waals surface area contributed by atoms with Crippen LogP contribution < -0.4 is 14.8 Å².